The minimum atomic E-state index is -1.17. The SMILES string of the molecule is CCCCCCCCCCCCCCCCCCCCCC[C@@H](O)C(=O)O. The predicted octanol–water partition coefficient (Wildman–Crippen LogP) is 7.64. The molecule has 162 valence electrons. The number of rotatable bonds is 22. The summed E-state index contributed by atoms with van der Waals surface area (Å²) in [6, 6.07) is 0. The highest BCUT2D eigenvalue weighted by Crippen LogP contribution is 2.15. The Labute approximate surface area is 169 Å². The van der Waals surface area contributed by atoms with Crippen molar-refractivity contribution in [2.75, 3.05) is 0 Å². The van der Waals surface area contributed by atoms with Gasteiger partial charge in [-0.05, 0) is 6.42 Å². The Hall–Kier alpha value is -0.570. The zero-order valence-corrected chi connectivity index (χ0v) is 18.2. The first-order valence-electron chi connectivity index (χ1n) is 12.1. The maximum atomic E-state index is 10.5. The summed E-state index contributed by atoms with van der Waals surface area (Å²) in [5, 5.41) is 17.8. The fraction of sp³-hybridized carbons (Fsp3) is 0.958. The van der Waals surface area contributed by atoms with Gasteiger partial charge in [0.15, 0.2) is 6.10 Å². The highest BCUT2D eigenvalue weighted by molar-refractivity contribution is 5.71. The van der Waals surface area contributed by atoms with Crippen LogP contribution in [0.2, 0.25) is 0 Å². The third-order valence-electron chi connectivity index (χ3n) is 5.62. The number of carboxylic acids is 1. The largest absolute Gasteiger partial charge is 0.479 e. The lowest BCUT2D eigenvalue weighted by Gasteiger charge is -2.05. The number of unbranched alkanes of at least 4 members (excludes halogenated alkanes) is 19. The molecule has 2 N–H and O–H groups in total. The lowest BCUT2D eigenvalue weighted by Crippen LogP contribution is -2.18. The van der Waals surface area contributed by atoms with E-state index in [4.69, 9.17) is 5.11 Å². The van der Waals surface area contributed by atoms with Crippen LogP contribution in [0, 0.1) is 0 Å². The van der Waals surface area contributed by atoms with Gasteiger partial charge in [-0.3, -0.25) is 0 Å². The van der Waals surface area contributed by atoms with Crippen LogP contribution in [-0.4, -0.2) is 22.3 Å². The number of aliphatic carboxylic acids is 1. The second-order valence-corrected chi connectivity index (χ2v) is 8.36. The summed E-state index contributed by atoms with van der Waals surface area (Å²) < 4.78 is 0. The van der Waals surface area contributed by atoms with Crippen LogP contribution in [-0.2, 0) is 4.79 Å². The third-order valence-corrected chi connectivity index (χ3v) is 5.62. The lowest BCUT2D eigenvalue weighted by atomic mass is 10.0. The number of carboxylic acid groups (broad SMARTS) is 1. The number of hydrogen-bond acceptors (Lipinski definition) is 2. The van der Waals surface area contributed by atoms with Gasteiger partial charge < -0.3 is 10.2 Å². The van der Waals surface area contributed by atoms with Crippen molar-refractivity contribution in [3.8, 4) is 0 Å². The van der Waals surface area contributed by atoms with Gasteiger partial charge in [0.2, 0.25) is 0 Å². The minimum Gasteiger partial charge on any atom is -0.479 e. The normalized spacial score (nSPS) is 12.4. The number of aliphatic hydroxyl groups excluding tert-OH is 1. The van der Waals surface area contributed by atoms with E-state index in [0.29, 0.717) is 6.42 Å². The van der Waals surface area contributed by atoms with Crippen molar-refractivity contribution in [1.82, 2.24) is 0 Å². The molecular formula is C24H48O3. The molecule has 0 unspecified atom stereocenters. The van der Waals surface area contributed by atoms with Crippen LogP contribution in [0.5, 0.6) is 0 Å². The van der Waals surface area contributed by atoms with E-state index in [-0.39, 0.29) is 0 Å². The van der Waals surface area contributed by atoms with Gasteiger partial charge in [-0.15, -0.1) is 0 Å². The molecule has 1 atom stereocenters. The van der Waals surface area contributed by atoms with Crippen molar-refractivity contribution in [1.29, 1.82) is 0 Å². The molecule has 3 nitrogen and oxygen atoms in total. The highest BCUT2D eigenvalue weighted by Gasteiger charge is 2.11. The van der Waals surface area contributed by atoms with Crippen molar-refractivity contribution in [2.24, 2.45) is 0 Å². The van der Waals surface area contributed by atoms with Crippen molar-refractivity contribution in [3.05, 3.63) is 0 Å². The van der Waals surface area contributed by atoms with Gasteiger partial charge in [0.1, 0.15) is 0 Å². The molecule has 0 rings (SSSR count). The van der Waals surface area contributed by atoms with Crippen LogP contribution in [0.25, 0.3) is 0 Å². The molecule has 0 fully saturated rings. The van der Waals surface area contributed by atoms with Gasteiger partial charge >= 0.3 is 5.97 Å². The zero-order chi connectivity index (χ0) is 20.0. The van der Waals surface area contributed by atoms with Gasteiger partial charge in [-0.2, -0.15) is 0 Å². The standard InChI is InChI=1S/C24H48O3/c1-2-3-4-5-6-7-8-9-10-11-12-13-14-15-16-17-18-19-20-21-22-23(25)24(26)27/h23,25H,2-22H2,1H3,(H,26,27)/t23-/m1/s1. The predicted molar refractivity (Wildman–Crippen MR) is 116 cm³/mol. The molecule has 0 aromatic rings. The van der Waals surface area contributed by atoms with Crippen LogP contribution in [0.15, 0.2) is 0 Å². The molecule has 0 heterocycles. The van der Waals surface area contributed by atoms with E-state index in [0.717, 1.165) is 12.8 Å². The molecule has 27 heavy (non-hydrogen) atoms. The van der Waals surface area contributed by atoms with E-state index < -0.39 is 12.1 Å². The summed E-state index contributed by atoms with van der Waals surface area (Å²) in [7, 11) is 0. The van der Waals surface area contributed by atoms with Crippen LogP contribution in [0.1, 0.15) is 142 Å². The average Bonchev–Trinajstić information content (AvgIpc) is 2.66. The van der Waals surface area contributed by atoms with Crippen LogP contribution in [0.4, 0.5) is 0 Å². The Morgan fingerprint density at radius 1 is 0.556 bits per heavy atom. The average molecular weight is 385 g/mol. The van der Waals surface area contributed by atoms with Gasteiger partial charge in [-0.25, -0.2) is 4.79 Å². The Balaban J connectivity index is 3.04. The van der Waals surface area contributed by atoms with E-state index in [1.165, 1.54) is 116 Å². The maximum Gasteiger partial charge on any atom is 0.332 e. The van der Waals surface area contributed by atoms with E-state index in [1.807, 2.05) is 0 Å². The van der Waals surface area contributed by atoms with Crippen molar-refractivity contribution in [2.45, 2.75) is 148 Å². The molecule has 0 aliphatic carbocycles. The second kappa shape index (κ2) is 21.7. The van der Waals surface area contributed by atoms with Gasteiger partial charge in [0.05, 0.1) is 0 Å². The Kier molecular flexibility index (Phi) is 21.3. The smallest absolute Gasteiger partial charge is 0.332 e. The molecule has 0 aromatic heterocycles. The molecule has 0 saturated carbocycles. The first-order chi connectivity index (χ1) is 13.2. The molecule has 0 radical (unpaired) electrons. The number of carbonyl (C=O) groups is 1. The summed E-state index contributed by atoms with van der Waals surface area (Å²) in [5.74, 6) is -1.09. The van der Waals surface area contributed by atoms with Gasteiger partial charge in [0.25, 0.3) is 0 Å². The van der Waals surface area contributed by atoms with E-state index >= 15 is 0 Å². The van der Waals surface area contributed by atoms with E-state index in [1.54, 1.807) is 0 Å². The van der Waals surface area contributed by atoms with Crippen LogP contribution in [0.3, 0.4) is 0 Å². The van der Waals surface area contributed by atoms with Crippen LogP contribution >= 0.6 is 0 Å². The summed E-state index contributed by atoms with van der Waals surface area (Å²) in [5.41, 5.74) is 0. The molecule has 0 aliphatic rings. The molecule has 3 heteroatoms. The molecule has 0 amide bonds. The van der Waals surface area contributed by atoms with Gasteiger partial charge in [0, 0.05) is 0 Å². The van der Waals surface area contributed by atoms with Crippen molar-refractivity contribution in [3.63, 3.8) is 0 Å². The molecule has 0 aromatic carbocycles. The van der Waals surface area contributed by atoms with Gasteiger partial charge in [-0.1, -0.05) is 135 Å². The summed E-state index contributed by atoms with van der Waals surface area (Å²) >= 11 is 0. The Bertz CT molecular complexity index is 304. The van der Waals surface area contributed by atoms with E-state index in [2.05, 4.69) is 6.92 Å². The summed E-state index contributed by atoms with van der Waals surface area (Å²) in [4.78, 5) is 10.5. The quantitative estimate of drug-likeness (QED) is 0.188. The van der Waals surface area contributed by atoms with E-state index in [9.17, 15) is 9.90 Å². The third kappa shape index (κ3) is 21.6. The van der Waals surface area contributed by atoms with Crippen LogP contribution < -0.4 is 0 Å². The Morgan fingerprint density at radius 2 is 0.815 bits per heavy atom. The van der Waals surface area contributed by atoms with Crippen molar-refractivity contribution < 1.29 is 15.0 Å². The topological polar surface area (TPSA) is 57.5 Å². The second-order valence-electron chi connectivity index (χ2n) is 8.36. The fourth-order valence-corrected chi connectivity index (χ4v) is 3.72. The molecule has 0 spiro atoms. The molecule has 0 aliphatic heterocycles. The summed E-state index contributed by atoms with van der Waals surface area (Å²) in [6.07, 6.45) is 26.1. The summed E-state index contributed by atoms with van der Waals surface area (Å²) in [6.45, 7) is 2.28. The van der Waals surface area contributed by atoms with Crippen molar-refractivity contribution >= 4 is 5.97 Å². The lowest BCUT2D eigenvalue weighted by molar-refractivity contribution is -0.146. The first kappa shape index (κ1) is 26.4. The Morgan fingerprint density at radius 3 is 1.07 bits per heavy atom. The number of aliphatic hydroxyl groups is 1. The first-order valence-corrected chi connectivity index (χ1v) is 12.1. The fourth-order valence-electron chi connectivity index (χ4n) is 3.72. The molecular weight excluding hydrogens is 336 g/mol. The highest BCUT2D eigenvalue weighted by atomic mass is 16.4. The number of hydrogen-bond donors (Lipinski definition) is 2. The zero-order valence-electron chi connectivity index (χ0n) is 18.2. The molecule has 0 saturated heterocycles. The maximum absolute atomic E-state index is 10.5. The molecule has 0 bridgehead atoms. The monoisotopic (exact) mass is 384 g/mol. The minimum absolute atomic E-state index is 0.397.